The van der Waals surface area contributed by atoms with E-state index in [1.165, 1.54) is 29.7 Å². The van der Waals surface area contributed by atoms with Crippen molar-refractivity contribution < 1.29 is 4.79 Å². The number of hydrogen-bond acceptors (Lipinski definition) is 4. The number of fused-ring (bicyclic) bond motifs is 1. The molecule has 1 amide bonds. The Hall–Kier alpha value is -2.43. The topological polar surface area (TPSA) is 49.3 Å². The number of nitrogens with zero attached hydrogens (tertiary/aromatic N) is 4. The number of rotatable bonds is 4. The van der Waals surface area contributed by atoms with Gasteiger partial charge in [-0.2, -0.15) is 0 Å². The summed E-state index contributed by atoms with van der Waals surface area (Å²) in [6.07, 6.45) is 8.05. The minimum absolute atomic E-state index is 0.325. The van der Waals surface area contributed by atoms with Crippen molar-refractivity contribution >= 4 is 11.7 Å². The lowest BCUT2D eigenvalue weighted by Crippen LogP contribution is -2.39. The Kier molecular flexibility index (Phi) is 4.75. The molecule has 0 radical (unpaired) electrons. The largest absolute Gasteiger partial charge is 0.356 e. The molecule has 1 saturated carbocycles. The zero-order valence-electron chi connectivity index (χ0n) is 16.4. The summed E-state index contributed by atoms with van der Waals surface area (Å²) in [6.45, 7) is 3.61. The fraction of sp³-hybridized carbons (Fsp3) is 0.522. The third-order valence-electron chi connectivity index (χ3n) is 6.55. The van der Waals surface area contributed by atoms with Crippen LogP contribution in [0.3, 0.4) is 0 Å². The summed E-state index contributed by atoms with van der Waals surface area (Å²) in [5.74, 6) is 2.54. The van der Waals surface area contributed by atoms with Crippen LogP contribution in [-0.4, -0.2) is 40.4 Å². The lowest BCUT2D eigenvalue weighted by Gasteiger charge is -2.34. The van der Waals surface area contributed by atoms with E-state index in [0.29, 0.717) is 24.2 Å². The molecule has 1 aliphatic carbocycles. The fourth-order valence-electron chi connectivity index (χ4n) is 4.59. The van der Waals surface area contributed by atoms with Gasteiger partial charge in [0.2, 0.25) is 5.91 Å². The summed E-state index contributed by atoms with van der Waals surface area (Å²) in [7, 11) is 0. The Labute approximate surface area is 166 Å². The van der Waals surface area contributed by atoms with E-state index in [1.807, 2.05) is 0 Å². The normalized spacial score (nSPS) is 20.1. The summed E-state index contributed by atoms with van der Waals surface area (Å²) in [5, 5.41) is 0. The summed E-state index contributed by atoms with van der Waals surface area (Å²) >= 11 is 0. The van der Waals surface area contributed by atoms with E-state index in [1.54, 1.807) is 6.33 Å². The first-order valence-corrected chi connectivity index (χ1v) is 10.7. The van der Waals surface area contributed by atoms with Crippen molar-refractivity contribution in [2.75, 3.05) is 24.5 Å². The molecule has 0 unspecified atom stereocenters. The lowest BCUT2D eigenvalue weighted by molar-refractivity contribution is -0.133. The van der Waals surface area contributed by atoms with Gasteiger partial charge in [0.25, 0.3) is 0 Å². The molecule has 146 valence electrons. The molecule has 0 spiro atoms. The smallest absolute Gasteiger partial charge is 0.223 e. The van der Waals surface area contributed by atoms with Crippen LogP contribution in [0.15, 0.2) is 36.7 Å². The van der Waals surface area contributed by atoms with Gasteiger partial charge in [-0.25, -0.2) is 9.97 Å². The molecular weight excluding hydrogens is 348 g/mol. The lowest BCUT2D eigenvalue weighted by atomic mass is 9.92. The monoisotopic (exact) mass is 376 g/mol. The summed E-state index contributed by atoms with van der Waals surface area (Å²) in [6, 6.07) is 10.7. The number of aromatic nitrogens is 2. The van der Waals surface area contributed by atoms with E-state index in [-0.39, 0.29) is 0 Å². The maximum absolute atomic E-state index is 12.8. The van der Waals surface area contributed by atoms with E-state index < -0.39 is 0 Å². The third kappa shape index (κ3) is 3.75. The van der Waals surface area contributed by atoms with E-state index in [9.17, 15) is 4.79 Å². The van der Waals surface area contributed by atoms with Crippen molar-refractivity contribution in [2.45, 2.75) is 51.0 Å². The second kappa shape index (κ2) is 7.53. The molecule has 3 aliphatic rings. The maximum Gasteiger partial charge on any atom is 0.223 e. The minimum Gasteiger partial charge on any atom is -0.356 e. The van der Waals surface area contributed by atoms with E-state index in [4.69, 9.17) is 0 Å². The quantitative estimate of drug-likeness (QED) is 0.819. The molecule has 5 rings (SSSR count). The highest BCUT2D eigenvalue weighted by Gasteiger charge is 2.28. The average molecular weight is 377 g/mol. The number of anilines is 1. The molecule has 2 aromatic rings. The fourth-order valence-corrected chi connectivity index (χ4v) is 4.59. The predicted molar refractivity (Wildman–Crippen MR) is 109 cm³/mol. The molecule has 0 bridgehead atoms. The number of piperidine rings is 1. The zero-order chi connectivity index (χ0) is 18.9. The summed E-state index contributed by atoms with van der Waals surface area (Å²) in [4.78, 5) is 26.2. The standard InChI is InChI=1S/C23H28N4O/c28-23(27-12-9-18-3-1-2-4-20(18)15-27)13-17-7-10-26(11-8-17)22-14-21(19-5-6-19)24-16-25-22/h1-4,14,16-17,19H,5-13,15H2. The Morgan fingerprint density at radius 2 is 1.79 bits per heavy atom. The van der Waals surface area contributed by atoms with E-state index in [2.05, 4.69) is 50.1 Å². The van der Waals surface area contributed by atoms with Crippen molar-refractivity contribution in [3.63, 3.8) is 0 Å². The van der Waals surface area contributed by atoms with Gasteiger partial charge in [0.1, 0.15) is 12.1 Å². The van der Waals surface area contributed by atoms with E-state index >= 15 is 0 Å². The van der Waals surface area contributed by atoms with Crippen molar-refractivity contribution in [2.24, 2.45) is 5.92 Å². The molecular formula is C23H28N4O. The number of hydrogen-bond donors (Lipinski definition) is 0. The molecule has 0 N–H and O–H groups in total. The molecule has 1 aromatic carbocycles. The highest BCUT2D eigenvalue weighted by atomic mass is 16.2. The summed E-state index contributed by atoms with van der Waals surface area (Å²) in [5.41, 5.74) is 3.91. The van der Waals surface area contributed by atoms with Gasteiger partial charge in [-0.1, -0.05) is 24.3 Å². The van der Waals surface area contributed by atoms with Gasteiger partial charge in [-0.3, -0.25) is 4.79 Å². The first kappa shape index (κ1) is 17.7. The van der Waals surface area contributed by atoms with Crippen molar-refractivity contribution in [3.8, 4) is 0 Å². The van der Waals surface area contributed by atoms with Gasteiger partial charge in [-0.05, 0) is 49.1 Å². The number of carbonyl (C=O) groups excluding carboxylic acids is 1. The first-order valence-electron chi connectivity index (χ1n) is 10.7. The number of benzene rings is 1. The van der Waals surface area contributed by atoms with Crippen LogP contribution >= 0.6 is 0 Å². The van der Waals surface area contributed by atoms with Gasteiger partial charge in [-0.15, -0.1) is 0 Å². The molecule has 3 heterocycles. The van der Waals surface area contributed by atoms with Crippen LogP contribution in [0.4, 0.5) is 5.82 Å². The molecule has 28 heavy (non-hydrogen) atoms. The Balaban J connectivity index is 1.14. The third-order valence-corrected chi connectivity index (χ3v) is 6.55. The van der Waals surface area contributed by atoms with Crippen LogP contribution < -0.4 is 4.90 Å². The van der Waals surface area contributed by atoms with Gasteiger partial charge in [0.05, 0.1) is 0 Å². The average Bonchev–Trinajstić information content (AvgIpc) is 3.59. The molecule has 1 saturated heterocycles. The predicted octanol–water partition coefficient (Wildman–Crippen LogP) is 3.55. The highest BCUT2D eigenvalue weighted by molar-refractivity contribution is 5.76. The summed E-state index contributed by atoms with van der Waals surface area (Å²) < 4.78 is 0. The molecule has 2 aliphatic heterocycles. The van der Waals surface area contributed by atoms with Crippen LogP contribution in [-0.2, 0) is 17.8 Å². The highest BCUT2D eigenvalue weighted by Crippen LogP contribution is 2.39. The second-order valence-electron chi connectivity index (χ2n) is 8.54. The van der Waals surface area contributed by atoms with Gasteiger partial charge in [0, 0.05) is 50.3 Å². The number of carbonyl (C=O) groups is 1. The van der Waals surface area contributed by atoms with Crippen LogP contribution in [0.5, 0.6) is 0 Å². The maximum atomic E-state index is 12.8. The molecule has 5 nitrogen and oxygen atoms in total. The van der Waals surface area contributed by atoms with Gasteiger partial charge >= 0.3 is 0 Å². The van der Waals surface area contributed by atoms with Crippen LogP contribution in [0.25, 0.3) is 0 Å². The van der Waals surface area contributed by atoms with Crippen molar-refractivity contribution in [1.82, 2.24) is 14.9 Å². The van der Waals surface area contributed by atoms with Gasteiger partial charge in [0.15, 0.2) is 0 Å². The van der Waals surface area contributed by atoms with Crippen LogP contribution in [0, 0.1) is 5.92 Å². The first-order chi connectivity index (χ1) is 13.8. The Bertz CT molecular complexity index is 855. The zero-order valence-corrected chi connectivity index (χ0v) is 16.4. The van der Waals surface area contributed by atoms with Crippen molar-refractivity contribution in [3.05, 3.63) is 53.5 Å². The minimum atomic E-state index is 0.325. The Morgan fingerprint density at radius 1 is 1.00 bits per heavy atom. The molecule has 0 atom stereocenters. The van der Waals surface area contributed by atoms with Crippen molar-refractivity contribution in [1.29, 1.82) is 0 Å². The van der Waals surface area contributed by atoms with Crippen LogP contribution in [0.1, 0.15) is 54.8 Å². The van der Waals surface area contributed by atoms with Gasteiger partial charge < -0.3 is 9.80 Å². The molecule has 2 fully saturated rings. The van der Waals surface area contributed by atoms with Crippen LogP contribution in [0.2, 0.25) is 0 Å². The SMILES string of the molecule is O=C(CC1CCN(c2cc(C3CC3)ncn2)CC1)N1CCc2ccccc2C1. The Morgan fingerprint density at radius 3 is 2.57 bits per heavy atom. The molecule has 1 aromatic heterocycles. The second-order valence-corrected chi connectivity index (χ2v) is 8.54. The van der Waals surface area contributed by atoms with E-state index in [0.717, 1.165) is 51.3 Å². The molecule has 5 heteroatoms. The number of amides is 1.